The SMILES string of the molecule is CCOCC(S)(CC(Cl)(Cl)Cl)OP(=O)(O)Cl. The molecule has 0 saturated heterocycles. The molecule has 16 heavy (non-hydrogen) atoms. The van der Waals surface area contributed by atoms with E-state index in [0.717, 1.165) is 0 Å². The fourth-order valence-electron chi connectivity index (χ4n) is 0.894. The van der Waals surface area contributed by atoms with Crippen molar-refractivity contribution < 1.29 is 18.7 Å². The van der Waals surface area contributed by atoms with Crippen LogP contribution in [0.1, 0.15) is 13.3 Å². The Labute approximate surface area is 119 Å². The second-order valence-electron chi connectivity index (χ2n) is 2.92. The molecule has 0 amide bonds. The van der Waals surface area contributed by atoms with Gasteiger partial charge in [-0.15, -0.1) is 12.6 Å². The highest BCUT2D eigenvalue weighted by Crippen LogP contribution is 2.54. The van der Waals surface area contributed by atoms with Gasteiger partial charge in [-0.3, -0.25) is 4.52 Å². The van der Waals surface area contributed by atoms with Gasteiger partial charge in [0.25, 0.3) is 0 Å². The molecule has 0 aliphatic carbocycles. The number of halogens is 4. The van der Waals surface area contributed by atoms with Crippen LogP contribution >= 0.6 is 65.6 Å². The van der Waals surface area contributed by atoms with Crippen LogP contribution in [0.4, 0.5) is 0 Å². The number of hydrogen-bond donors (Lipinski definition) is 2. The van der Waals surface area contributed by atoms with Crippen LogP contribution in [0.2, 0.25) is 0 Å². The number of alkyl halides is 3. The van der Waals surface area contributed by atoms with E-state index < -0.39 is 15.7 Å². The Hall–Kier alpha value is 1.62. The van der Waals surface area contributed by atoms with Crippen LogP contribution in [0.15, 0.2) is 0 Å². The van der Waals surface area contributed by atoms with Gasteiger partial charge in [-0.2, -0.15) is 0 Å². The van der Waals surface area contributed by atoms with Gasteiger partial charge in [0.05, 0.1) is 6.61 Å². The summed E-state index contributed by atoms with van der Waals surface area (Å²) in [7, 11) is 0. The van der Waals surface area contributed by atoms with Crippen molar-refractivity contribution in [1.82, 2.24) is 0 Å². The van der Waals surface area contributed by atoms with Crippen LogP contribution in [0.3, 0.4) is 0 Å². The molecule has 0 saturated carbocycles. The molecule has 0 heterocycles. The van der Waals surface area contributed by atoms with Crippen molar-refractivity contribution in [2.75, 3.05) is 13.2 Å². The van der Waals surface area contributed by atoms with Crippen molar-refractivity contribution in [2.45, 2.75) is 22.1 Å². The molecule has 10 heteroatoms. The summed E-state index contributed by atoms with van der Waals surface area (Å²) in [5.41, 5.74) is 0. The molecule has 0 aromatic rings. The van der Waals surface area contributed by atoms with Crippen LogP contribution < -0.4 is 0 Å². The zero-order chi connectivity index (χ0) is 13.0. The first kappa shape index (κ1) is 17.6. The average Bonchev–Trinajstić information content (AvgIpc) is 1.93. The number of ether oxygens (including phenoxy) is 1. The van der Waals surface area contributed by atoms with Gasteiger partial charge in [-0.05, 0) is 6.92 Å². The molecule has 2 atom stereocenters. The quantitative estimate of drug-likeness (QED) is 0.331. The molecule has 2 unspecified atom stereocenters. The van der Waals surface area contributed by atoms with E-state index in [1.165, 1.54) is 0 Å². The molecular formula is C6H11Cl4O4PS. The van der Waals surface area contributed by atoms with E-state index in [1.807, 2.05) is 0 Å². The van der Waals surface area contributed by atoms with Crippen LogP contribution in [0.25, 0.3) is 0 Å². The lowest BCUT2D eigenvalue weighted by atomic mass is 10.3. The van der Waals surface area contributed by atoms with Crippen LogP contribution in [-0.2, 0) is 13.8 Å². The largest absolute Gasteiger partial charge is 0.423 e. The van der Waals surface area contributed by atoms with E-state index in [9.17, 15) is 4.57 Å². The Balaban J connectivity index is 4.68. The Bertz CT molecular complexity index is 268. The Morgan fingerprint density at radius 1 is 1.44 bits per heavy atom. The molecule has 0 bridgehead atoms. The second-order valence-corrected chi connectivity index (χ2v) is 8.62. The van der Waals surface area contributed by atoms with Gasteiger partial charge < -0.3 is 9.63 Å². The highest BCUT2D eigenvalue weighted by atomic mass is 35.7. The predicted molar refractivity (Wildman–Crippen MR) is 69.9 cm³/mol. The van der Waals surface area contributed by atoms with E-state index >= 15 is 0 Å². The number of hydrogen-bond acceptors (Lipinski definition) is 4. The molecule has 0 aliphatic heterocycles. The van der Waals surface area contributed by atoms with Crippen molar-refractivity contribution >= 4 is 65.6 Å². The van der Waals surface area contributed by atoms with E-state index in [2.05, 4.69) is 17.2 Å². The topological polar surface area (TPSA) is 55.8 Å². The summed E-state index contributed by atoms with van der Waals surface area (Å²) in [6.07, 6.45) is -0.259. The fourth-order valence-corrected chi connectivity index (χ4v) is 3.56. The summed E-state index contributed by atoms with van der Waals surface area (Å²) in [4.78, 5) is 7.37. The maximum atomic E-state index is 10.9. The molecule has 0 spiro atoms. The summed E-state index contributed by atoms with van der Waals surface area (Å²) in [5, 5.41) is 0. The van der Waals surface area contributed by atoms with Crippen LogP contribution in [-0.4, -0.2) is 26.8 Å². The molecule has 0 fully saturated rings. The Kier molecular flexibility index (Phi) is 7.37. The first-order valence-corrected chi connectivity index (χ1v) is 8.14. The molecule has 0 aliphatic rings. The lowest BCUT2D eigenvalue weighted by Crippen LogP contribution is -2.35. The third-order valence-electron chi connectivity index (χ3n) is 1.29. The molecule has 4 nitrogen and oxygen atoms in total. The summed E-state index contributed by atoms with van der Waals surface area (Å²) < 4.78 is 18.9. The van der Waals surface area contributed by atoms with Crippen molar-refractivity contribution in [3.8, 4) is 0 Å². The lowest BCUT2D eigenvalue weighted by molar-refractivity contribution is 0.0296. The Morgan fingerprint density at radius 3 is 2.25 bits per heavy atom. The summed E-state index contributed by atoms with van der Waals surface area (Å²) >= 11 is 25.8. The van der Waals surface area contributed by atoms with Gasteiger partial charge in [0.15, 0.2) is 3.79 Å². The van der Waals surface area contributed by atoms with Crippen molar-refractivity contribution in [2.24, 2.45) is 0 Å². The monoisotopic (exact) mass is 350 g/mol. The van der Waals surface area contributed by atoms with Gasteiger partial charge >= 0.3 is 6.95 Å². The first-order chi connectivity index (χ1) is 6.97. The number of thiol groups is 1. The zero-order valence-electron chi connectivity index (χ0n) is 8.20. The zero-order valence-corrected chi connectivity index (χ0v) is 13.0. The van der Waals surface area contributed by atoms with Gasteiger partial charge in [-0.25, -0.2) is 4.57 Å². The van der Waals surface area contributed by atoms with E-state index in [-0.39, 0.29) is 13.0 Å². The van der Waals surface area contributed by atoms with Gasteiger partial charge in [0.2, 0.25) is 0 Å². The standard InChI is InChI=1S/C6H11Cl4O4PS/c1-2-13-4-5(16,3-6(7,8)9)14-15(10,11)12/h16H,2-4H2,1H3,(H,11,12). The summed E-state index contributed by atoms with van der Waals surface area (Å²) in [6.45, 7) is -2.34. The third-order valence-corrected chi connectivity index (χ3v) is 3.00. The third kappa shape index (κ3) is 9.63. The molecule has 0 aromatic carbocycles. The van der Waals surface area contributed by atoms with E-state index in [1.54, 1.807) is 6.92 Å². The van der Waals surface area contributed by atoms with Crippen molar-refractivity contribution in [3.63, 3.8) is 0 Å². The van der Waals surface area contributed by atoms with Gasteiger partial charge in [0, 0.05) is 24.3 Å². The van der Waals surface area contributed by atoms with Crippen LogP contribution in [0, 0.1) is 0 Å². The minimum atomic E-state index is -4.27. The van der Waals surface area contributed by atoms with Gasteiger partial charge in [-0.1, -0.05) is 34.8 Å². The smallest absolute Gasteiger partial charge is 0.378 e. The summed E-state index contributed by atoms with van der Waals surface area (Å²) in [5.74, 6) is 0. The van der Waals surface area contributed by atoms with Crippen molar-refractivity contribution in [1.29, 1.82) is 0 Å². The minimum absolute atomic E-state index is 0.141. The molecule has 98 valence electrons. The van der Waals surface area contributed by atoms with Gasteiger partial charge in [0.1, 0.15) is 4.93 Å². The molecule has 0 rings (SSSR count). The minimum Gasteiger partial charge on any atom is -0.378 e. The molecule has 0 aromatic heterocycles. The Morgan fingerprint density at radius 2 is 1.94 bits per heavy atom. The molecular weight excluding hydrogens is 341 g/mol. The maximum absolute atomic E-state index is 10.9. The van der Waals surface area contributed by atoms with Crippen molar-refractivity contribution in [3.05, 3.63) is 0 Å². The molecule has 1 N–H and O–H groups in total. The lowest BCUT2D eigenvalue weighted by Gasteiger charge is -2.31. The normalized spacial score (nSPS) is 20.2. The maximum Gasteiger partial charge on any atom is 0.423 e. The first-order valence-electron chi connectivity index (χ1n) is 4.07. The second kappa shape index (κ2) is 6.69. The average molecular weight is 352 g/mol. The molecule has 0 radical (unpaired) electrons. The predicted octanol–water partition coefficient (Wildman–Crippen LogP) is 3.77. The highest BCUT2D eigenvalue weighted by Gasteiger charge is 2.41. The van der Waals surface area contributed by atoms with E-state index in [4.69, 9.17) is 55.7 Å². The summed E-state index contributed by atoms with van der Waals surface area (Å²) in [6, 6.07) is 0. The number of rotatable bonds is 6. The highest BCUT2D eigenvalue weighted by molar-refractivity contribution is 7.84. The van der Waals surface area contributed by atoms with E-state index in [0.29, 0.717) is 6.61 Å². The fraction of sp³-hybridized carbons (Fsp3) is 1.00. The van der Waals surface area contributed by atoms with Crippen LogP contribution in [0.5, 0.6) is 0 Å².